The van der Waals surface area contributed by atoms with E-state index in [-0.39, 0.29) is 30.8 Å². The van der Waals surface area contributed by atoms with E-state index in [0.29, 0.717) is 24.0 Å². The maximum absolute atomic E-state index is 12.9. The van der Waals surface area contributed by atoms with E-state index >= 15 is 0 Å². The minimum Gasteiger partial charge on any atom is -0.450 e. The van der Waals surface area contributed by atoms with Crippen molar-refractivity contribution in [1.29, 1.82) is 0 Å². The number of amides is 1. The summed E-state index contributed by atoms with van der Waals surface area (Å²) in [4.78, 5) is 25.1. The van der Waals surface area contributed by atoms with Crippen LogP contribution >= 0.6 is 0 Å². The minimum absolute atomic E-state index is 0.0453. The molecule has 0 bridgehead atoms. The lowest BCUT2D eigenvalue weighted by atomic mass is 9.83. The molecule has 0 atom stereocenters. The summed E-state index contributed by atoms with van der Waals surface area (Å²) in [6.45, 7) is 3.76. The van der Waals surface area contributed by atoms with Crippen LogP contribution in [0.25, 0.3) is 0 Å². The fraction of sp³-hybridized carbons (Fsp3) is 0.778. The summed E-state index contributed by atoms with van der Waals surface area (Å²) >= 11 is 0. The molecule has 2 aliphatic heterocycles. The lowest BCUT2D eigenvalue weighted by Gasteiger charge is -2.39. The van der Waals surface area contributed by atoms with Crippen LogP contribution in [-0.4, -0.2) is 55.1 Å². The third kappa shape index (κ3) is 3.53. The fourth-order valence-electron chi connectivity index (χ4n) is 4.29. The van der Waals surface area contributed by atoms with E-state index in [2.05, 4.69) is 5.32 Å². The molecule has 0 unspecified atom stereocenters. The molecule has 26 heavy (non-hydrogen) atoms. The Hall–Kier alpha value is -1.41. The Morgan fingerprint density at radius 3 is 2.42 bits per heavy atom. The molecule has 146 valence electrons. The molecule has 1 saturated heterocycles. The van der Waals surface area contributed by atoms with E-state index in [4.69, 9.17) is 4.74 Å². The second kappa shape index (κ2) is 7.31. The molecule has 3 rings (SSSR count). The lowest BCUT2D eigenvalue weighted by Crippen LogP contribution is -2.51. The molecule has 0 aromatic carbocycles. The van der Waals surface area contributed by atoms with Gasteiger partial charge in [0.25, 0.3) is 5.91 Å². The number of ether oxygens (including phenoxy) is 1. The van der Waals surface area contributed by atoms with E-state index in [1.807, 2.05) is 0 Å². The number of carbonyl (C=O) groups excluding carboxylic acids is 2. The highest BCUT2D eigenvalue weighted by atomic mass is 32.2. The third-order valence-corrected chi connectivity index (χ3v) is 7.76. The van der Waals surface area contributed by atoms with Gasteiger partial charge in [-0.3, -0.25) is 4.79 Å². The number of nitrogens with zero attached hydrogens (tertiary/aromatic N) is 1. The second-order valence-electron chi connectivity index (χ2n) is 7.49. The first-order valence-corrected chi connectivity index (χ1v) is 11.1. The monoisotopic (exact) mass is 384 g/mol. The van der Waals surface area contributed by atoms with Gasteiger partial charge < -0.3 is 10.1 Å². The predicted octanol–water partition coefficient (Wildman–Crippen LogP) is 1.49. The predicted molar refractivity (Wildman–Crippen MR) is 96.8 cm³/mol. The Morgan fingerprint density at radius 2 is 1.85 bits per heavy atom. The number of piperidine rings is 1. The molecule has 0 aromatic rings. The second-order valence-corrected chi connectivity index (χ2v) is 9.75. The molecule has 0 radical (unpaired) electrons. The average Bonchev–Trinajstić information content (AvgIpc) is 2.86. The largest absolute Gasteiger partial charge is 0.450 e. The highest BCUT2D eigenvalue weighted by Crippen LogP contribution is 2.41. The van der Waals surface area contributed by atoms with Gasteiger partial charge >= 0.3 is 5.97 Å². The van der Waals surface area contributed by atoms with Gasteiger partial charge in [0.05, 0.1) is 11.3 Å². The Kier molecular flexibility index (Phi) is 5.44. The zero-order chi connectivity index (χ0) is 18.9. The number of esters is 1. The maximum atomic E-state index is 12.9. The van der Waals surface area contributed by atoms with E-state index in [1.165, 1.54) is 10.7 Å². The van der Waals surface area contributed by atoms with Crippen molar-refractivity contribution in [2.45, 2.75) is 70.4 Å². The normalized spacial score (nSPS) is 24.8. The van der Waals surface area contributed by atoms with Crippen molar-refractivity contribution >= 4 is 21.9 Å². The highest BCUT2D eigenvalue weighted by molar-refractivity contribution is 7.89. The van der Waals surface area contributed by atoms with Crippen molar-refractivity contribution < 1.29 is 22.7 Å². The van der Waals surface area contributed by atoms with Crippen LogP contribution in [0.3, 0.4) is 0 Å². The number of hydrogen-bond donors (Lipinski definition) is 1. The van der Waals surface area contributed by atoms with Gasteiger partial charge in [0, 0.05) is 37.5 Å². The minimum atomic E-state index is -3.28. The van der Waals surface area contributed by atoms with Crippen LogP contribution in [0.2, 0.25) is 0 Å². The topological polar surface area (TPSA) is 92.8 Å². The van der Waals surface area contributed by atoms with Gasteiger partial charge in [0.15, 0.2) is 0 Å². The zero-order valence-electron chi connectivity index (χ0n) is 15.5. The first-order valence-electron chi connectivity index (χ1n) is 9.52. The van der Waals surface area contributed by atoms with Crippen molar-refractivity contribution in [2.75, 3.05) is 18.8 Å². The first-order chi connectivity index (χ1) is 12.3. The molecule has 2 heterocycles. The van der Waals surface area contributed by atoms with E-state index < -0.39 is 21.6 Å². The summed E-state index contributed by atoms with van der Waals surface area (Å²) in [5, 5.41) is 3.08. The fourth-order valence-corrected chi connectivity index (χ4v) is 5.39. The standard InChI is InChI=1S/C18H28N2O5S/c1-3-26(23,24)20-11-9-18(10-12-20)15(13(2)17(22)25-18)16(21)19-14-7-5-4-6-8-14/h14H,3-12H2,1-2H3,(H,19,21). The number of sulfonamides is 1. The number of nitrogens with one attached hydrogen (secondary N) is 1. The van der Waals surface area contributed by atoms with Crippen molar-refractivity contribution in [3.63, 3.8) is 0 Å². The van der Waals surface area contributed by atoms with Crippen LogP contribution in [-0.2, 0) is 24.3 Å². The molecule has 8 heteroatoms. The molecule has 2 fully saturated rings. The number of hydrogen-bond acceptors (Lipinski definition) is 5. The Morgan fingerprint density at radius 1 is 1.23 bits per heavy atom. The summed E-state index contributed by atoms with van der Waals surface area (Å²) < 4.78 is 31.2. The van der Waals surface area contributed by atoms with Crippen LogP contribution < -0.4 is 5.32 Å². The van der Waals surface area contributed by atoms with E-state index in [0.717, 1.165) is 25.7 Å². The molecular weight excluding hydrogens is 356 g/mol. The van der Waals surface area contributed by atoms with Crippen molar-refractivity contribution in [1.82, 2.24) is 9.62 Å². The highest BCUT2D eigenvalue weighted by Gasteiger charge is 2.51. The van der Waals surface area contributed by atoms with Gasteiger partial charge in [-0.15, -0.1) is 0 Å². The first kappa shape index (κ1) is 19.4. The molecule has 1 spiro atoms. The van der Waals surface area contributed by atoms with Crippen LogP contribution in [0.15, 0.2) is 11.1 Å². The van der Waals surface area contributed by atoms with Gasteiger partial charge in [-0.25, -0.2) is 17.5 Å². The van der Waals surface area contributed by atoms with Gasteiger partial charge in [-0.1, -0.05) is 19.3 Å². The third-order valence-electron chi connectivity index (χ3n) is 5.88. The van der Waals surface area contributed by atoms with Crippen LogP contribution in [0, 0.1) is 0 Å². The molecule has 1 N–H and O–H groups in total. The van der Waals surface area contributed by atoms with Crippen molar-refractivity contribution in [3.8, 4) is 0 Å². The van der Waals surface area contributed by atoms with Gasteiger partial charge in [0.1, 0.15) is 5.60 Å². The van der Waals surface area contributed by atoms with E-state index in [1.54, 1.807) is 13.8 Å². The van der Waals surface area contributed by atoms with E-state index in [9.17, 15) is 18.0 Å². The molecule has 1 amide bonds. The van der Waals surface area contributed by atoms with Crippen LogP contribution in [0.4, 0.5) is 0 Å². The van der Waals surface area contributed by atoms with Crippen molar-refractivity contribution in [2.24, 2.45) is 0 Å². The smallest absolute Gasteiger partial charge is 0.335 e. The SMILES string of the molecule is CCS(=O)(=O)N1CCC2(CC1)OC(=O)C(C)=C2C(=O)NC1CCCCC1. The van der Waals surface area contributed by atoms with Gasteiger partial charge in [-0.2, -0.15) is 0 Å². The van der Waals surface area contributed by atoms with Crippen LogP contribution in [0.5, 0.6) is 0 Å². The van der Waals surface area contributed by atoms with Crippen molar-refractivity contribution in [3.05, 3.63) is 11.1 Å². The maximum Gasteiger partial charge on any atom is 0.335 e. The molecule has 1 saturated carbocycles. The Bertz CT molecular complexity index is 714. The molecular formula is C18H28N2O5S. The summed E-state index contributed by atoms with van der Waals surface area (Å²) in [6, 6.07) is 0.143. The summed E-state index contributed by atoms with van der Waals surface area (Å²) in [5.41, 5.74) is -0.230. The molecule has 1 aliphatic carbocycles. The molecule has 7 nitrogen and oxygen atoms in total. The Balaban J connectivity index is 1.77. The Labute approximate surface area is 155 Å². The number of carbonyl (C=O) groups is 2. The molecule has 0 aromatic heterocycles. The quantitative estimate of drug-likeness (QED) is 0.742. The summed E-state index contributed by atoms with van der Waals surface area (Å²) in [5.74, 6) is -0.651. The summed E-state index contributed by atoms with van der Waals surface area (Å²) in [7, 11) is -3.28. The molecule has 3 aliphatic rings. The lowest BCUT2D eigenvalue weighted by molar-refractivity contribution is -0.150. The van der Waals surface area contributed by atoms with Gasteiger partial charge in [-0.05, 0) is 26.7 Å². The average molecular weight is 384 g/mol. The zero-order valence-corrected chi connectivity index (χ0v) is 16.4. The number of rotatable bonds is 4. The van der Waals surface area contributed by atoms with Crippen LogP contribution in [0.1, 0.15) is 58.8 Å². The summed E-state index contributed by atoms with van der Waals surface area (Å²) in [6.07, 6.45) is 5.97. The van der Waals surface area contributed by atoms with Gasteiger partial charge in [0.2, 0.25) is 10.0 Å².